The van der Waals surface area contributed by atoms with Crippen LogP contribution in [0.4, 0.5) is 0 Å². The van der Waals surface area contributed by atoms with Gasteiger partial charge in [-0.1, -0.05) is 24.3 Å². The Balaban J connectivity index is 1.05. The number of fused-ring (bicyclic) bond motifs is 3. The molecule has 38 heavy (non-hydrogen) atoms. The molecule has 1 aromatic heterocycles. The van der Waals surface area contributed by atoms with Gasteiger partial charge in [0.05, 0.1) is 11.2 Å². The van der Waals surface area contributed by atoms with Crippen LogP contribution < -0.4 is 10.1 Å². The minimum Gasteiger partial charge on any atom is -0.490 e. The summed E-state index contributed by atoms with van der Waals surface area (Å²) in [6.45, 7) is 0.544. The lowest BCUT2D eigenvalue weighted by Gasteiger charge is -2.36. The summed E-state index contributed by atoms with van der Waals surface area (Å²) in [6.07, 6.45) is 7.58. The summed E-state index contributed by atoms with van der Waals surface area (Å²) >= 11 is 0. The summed E-state index contributed by atoms with van der Waals surface area (Å²) in [4.78, 5) is 15.6. The highest BCUT2D eigenvalue weighted by Gasteiger charge is 2.39. The molecule has 3 atom stereocenters. The van der Waals surface area contributed by atoms with E-state index in [-0.39, 0.29) is 12.0 Å². The number of nitrogens with zero attached hydrogens (tertiary/aromatic N) is 2. The van der Waals surface area contributed by atoms with E-state index in [9.17, 15) is 4.79 Å². The number of hydrogen-bond donors (Lipinski definition) is 2. The molecule has 7 rings (SSSR count). The number of H-pyrrole nitrogens is 1. The van der Waals surface area contributed by atoms with Crippen LogP contribution in [0.1, 0.15) is 65.9 Å². The molecule has 2 N–H and O–H groups in total. The first kappa shape index (κ1) is 23.5. The molecule has 2 aliphatic heterocycles. The van der Waals surface area contributed by atoms with Crippen molar-refractivity contribution < 1.29 is 9.53 Å². The third-order valence-corrected chi connectivity index (χ3v) is 8.82. The fourth-order valence-corrected chi connectivity index (χ4v) is 6.48. The van der Waals surface area contributed by atoms with Gasteiger partial charge >= 0.3 is 0 Å². The lowest BCUT2D eigenvalue weighted by Crippen LogP contribution is -2.43. The highest BCUT2D eigenvalue weighted by Crippen LogP contribution is 2.41. The maximum atomic E-state index is 13.1. The number of carbonyl (C=O) groups excluding carboxylic acids is 1. The number of carbonyl (C=O) groups is 1. The SMILES string of the molecule is CN1[C@@H]2CC[C@H]1CC(Oc1ccc(-c3n[nH]c4ccc(C(=O)NCc5ccccc5C5CC5)cc34)cc1)C2. The maximum Gasteiger partial charge on any atom is 0.251 e. The topological polar surface area (TPSA) is 70.2 Å². The molecule has 3 heterocycles. The van der Waals surface area contributed by atoms with Gasteiger partial charge in [-0.2, -0.15) is 5.10 Å². The molecule has 1 amide bonds. The van der Waals surface area contributed by atoms with Crippen LogP contribution in [0, 0.1) is 0 Å². The van der Waals surface area contributed by atoms with Crippen LogP contribution in [-0.2, 0) is 6.54 Å². The van der Waals surface area contributed by atoms with Crippen LogP contribution in [0.15, 0.2) is 66.7 Å². The predicted molar refractivity (Wildman–Crippen MR) is 149 cm³/mol. The van der Waals surface area contributed by atoms with Crippen molar-refractivity contribution in [2.75, 3.05) is 7.05 Å². The maximum absolute atomic E-state index is 13.1. The van der Waals surface area contributed by atoms with Gasteiger partial charge in [-0.15, -0.1) is 0 Å². The molecule has 0 radical (unpaired) electrons. The molecular formula is C32H34N4O2. The van der Waals surface area contributed by atoms with Crippen LogP contribution in [0.2, 0.25) is 0 Å². The van der Waals surface area contributed by atoms with E-state index in [0.717, 1.165) is 40.8 Å². The van der Waals surface area contributed by atoms with Gasteiger partial charge in [-0.3, -0.25) is 9.89 Å². The molecule has 4 aromatic rings. The fraction of sp³-hybridized carbons (Fsp3) is 0.375. The van der Waals surface area contributed by atoms with Crippen molar-refractivity contribution in [2.45, 2.75) is 69.2 Å². The molecule has 194 valence electrons. The number of amides is 1. The van der Waals surface area contributed by atoms with Gasteiger partial charge in [0.15, 0.2) is 0 Å². The Morgan fingerprint density at radius 3 is 2.53 bits per heavy atom. The van der Waals surface area contributed by atoms with Gasteiger partial charge < -0.3 is 15.0 Å². The number of aromatic nitrogens is 2. The van der Waals surface area contributed by atoms with Gasteiger partial charge in [-0.25, -0.2) is 0 Å². The first-order valence-electron chi connectivity index (χ1n) is 14.0. The van der Waals surface area contributed by atoms with E-state index in [1.807, 2.05) is 36.4 Å². The second-order valence-corrected chi connectivity index (χ2v) is 11.3. The molecule has 2 saturated heterocycles. The van der Waals surface area contributed by atoms with Gasteiger partial charge in [0.25, 0.3) is 5.91 Å². The zero-order chi connectivity index (χ0) is 25.6. The summed E-state index contributed by atoms with van der Waals surface area (Å²) in [7, 11) is 2.25. The highest BCUT2D eigenvalue weighted by atomic mass is 16.5. The second kappa shape index (κ2) is 9.59. The minimum atomic E-state index is -0.0690. The average Bonchev–Trinajstić information content (AvgIpc) is 3.67. The second-order valence-electron chi connectivity index (χ2n) is 11.3. The molecule has 3 aromatic carbocycles. The number of piperidine rings is 1. The molecule has 6 nitrogen and oxygen atoms in total. The molecule has 1 aliphatic carbocycles. The molecule has 1 unspecified atom stereocenters. The molecule has 2 bridgehead atoms. The van der Waals surface area contributed by atoms with E-state index in [0.29, 0.717) is 30.1 Å². The van der Waals surface area contributed by atoms with E-state index in [1.54, 1.807) is 0 Å². The van der Waals surface area contributed by atoms with Gasteiger partial charge in [0, 0.05) is 35.1 Å². The lowest BCUT2D eigenvalue weighted by atomic mass is 10.0. The molecular weight excluding hydrogens is 472 g/mol. The Hall–Kier alpha value is -3.64. The fourth-order valence-electron chi connectivity index (χ4n) is 6.48. The third kappa shape index (κ3) is 4.47. The summed E-state index contributed by atoms with van der Waals surface area (Å²) in [5.41, 5.74) is 5.99. The van der Waals surface area contributed by atoms with Crippen molar-refractivity contribution in [1.29, 1.82) is 0 Å². The third-order valence-electron chi connectivity index (χ3n) is 8.82. The average molecular weight is 507 g/mol. The van der Waals surface area contributed by atoms with E-state index in [1.165, 1.54) is 36.8 Å². The molecule has 0 spiro atoms. The van der Waals surface area contributed by atoms with E-state index < -0.39 is 0 Å². The monoisotopic (exact) mass is 506 g/mol. The molecule has 3 fully saturated rings. The zero-order valence-corrected chi connectivity index (χ0v) is 21.8. The van der Waals surface area contributed by atoms with Crippen LogP contribution in [0.25, 0.3) is 22.2 Å². The van der Waals surface area contributed by atoms with Crippen LogP contribution in [-0.4, -0.2) is 46.2 Å². The largest absolute Gasteiger partial charge is 0.490 e. The Labute approximate surface area is 223 Å². The van der Waals surface area contributed by atoms with Crippen molar-refractivity contribution in [3.8, 4) is 17.0 Å². The Bertz CT molecular complexity index is 1460. The quantitative estimate of drug-likeness (QED) is 0.321. The number of benzene rings is 3. The predicted octanol–water partition coefficient (Wildman–Crippen LogP) is 6.04. The van der Waals surface area contributed by atoms with Crippen molar-refractivity contribution >= 4 is 16.8 Å². The van der Waals surface area contributed by atoms with Gasteiger partial charge in [0.1, 0.15) is 11.9 Å². The number of rotatable bonds is 7. The Morgan fingerprint density at radius 2 is 1.76 bits per heavy atom. The standard InChI is InChI=1S/C32H34N4O2/c1-36-24-11-12-25(36)18-27(17-24)38-26-13-8-21(9-14-26)31-29-16-22(10-15-30(29)34-35-31)32(37)33-19-23-4-2-3-5-28(23)20-6-7-20/h2-5,8-10,13-16,20,24-25,27H,6-7,11-12,17-19H2,1H3,(H,33,37)(H,34,35)/t24-,25+,27?. The number of hydrogen-bond acceptors (Lipinski definition) is 4. The van der Waals surface area contributed by atoms with E-state index >= 15 is 0 Å². The Kier molecular flexibility index (Phi) is 5.92. The van der Waals surface area contributed by atoms with Crippen molar-refractivity contribution in [3.05, 3.63) is 83.4 Å². The van der Waals surface area contributed by atoms with E-state index in [4.69, 9.17) is 4.74 Å². The first-order chi connectivity index (χ1) is 18.6. The van der Waals surface area contributed by atoms with Crippen LogP contribution >= 0.6 is 0 Å². The number of aromatic amines is 1. The zero-order valence-electron chi connectivity index (χ0n) is 21.8. The summed E-state index contributed by atoms with van der Waals surface area (Å²) in [5.74, 6) is 1.50. The van der Waals surface area contributed by atoms with E-state index in [2.05, 4.69) is 57.8 Å². The molecule has 6 heteroatoms. The summed E-state index contributed by atoms with van der Waals surface area (Å²) in [5, 5.41) is 11.8. The van der Waals surface area contributed by atoms with Crippen molar-refractivity contribution in [2.24, 2.45) is 0 Å². The molecule has 3 aliphatic rings. The normalized spacial score (nSPS) is 23.0. The molecule has 1 saturated carbocycles. The van der Waals surface area contributed by atoms with Gasteiger partial charge in [-0.05, 0) is 105 Å². The smallest absolute Gasteiger partial charge is 0.251 e. The van der Waals surface area contributed by atoms with Crippen LogP contribution in [0.3, 0.4) is 0 Å². The number of nitrogens with one attached hydrogen (secondary N) is 2. The van der Waals surface area contributed by atoms with Crippen LogP contribution in [0.5, 0.6) is 5.75 Å². The minimum absolute atomic E-state index is 0.0690. The first-order valence-corrected chi connectivity index (χ1v) is 14.0. The summed E-state index contributed by atoms with van der Waals surface area (Å²) < 4.78 is 6.38. The summed E-state index contributed by atoms with van der Waals surface area (Å²) in [6, 6.07) is 23.7. The van der Waals surface area contributed by atoms with Crippen molar-refractivity contribution in [1.82, 2.24) is 20.4 Å². The Morgan fingerprint density at radius 1 is 1.00 bits per heavy atom. The van der Waals surface area contributed by atoms with Crippen molar-refractivity contribution in [3.63, 3.8) is 0 Å². The highest BCUT2D eigenvalue weighted by molar-refractivity contribution is 6.01. The van der Waals surface area contributed by atoms with Gasteiger partial charge in [0.2, 0.25) is 0 Å². The number of ether oxygens (including phenoxy) is 1. The lowest BCUT2D eigenvalue weighted by molar-refractivity contribution is 0.0662.